The van der Waals surface area contributed by atoms with Crippen LogP contribution in [-0.4, -0.2) is 18.1 Å². The van der Waals surface area contributed by atoms with E-state index in [1.807, 2.05) is 0 Å². The van der Waals surface area contributed by atoms with Gasteiger partial charge in [0.2, 0.25) is 5.88 Å². The molecule has 1 heterocycles. The number of halogens is 3. The van der Waals surface area contributed by atoms with E-state index >= 15 is 0 Å². The topological polar surface area (TPSA) is 48.1 Å². The van der Waals surface area contributed by atoms with E-state index in [0.717, 1.165) is 6.07 Å². The maximum atomic E-state index is 12.2. The number of nitrogens with zero attached hydrogens (tertiary/aromatic N) is 1. The van der Waals surface area contributed by atoms with Crippen LogP contribution in [0.2, 0.25) is 0 Å². The van der Waals surface area contributed by atoms with Crippen molar-refractivity contribution in [3.8, 4) is 5.88 Å². The van der Waals surface area contributed by atoms with E-state index < -0.39 is 11.9 Å². The minimum atomic E-state index is -4.44. The number of nitrogens with two attached hydrogens (primary N) is 1. The minimum absolute atomic E-state index is 0.0294. The Labute approximate surface area is 85.1 Å². The van der Waals surface area contributed by atoms with Gasteiger partial charge >= 0.3 is 6.18 Å². The Morgan fingerprint density at radius 3 is 2.67 bits per heavy atom. The first-order valence-corrected chi connectivity index (χ1v) is 4.41. The molecule has 2 N–H and O–H groups in total. The molecule has 0 aliphatic rings. The van der Waals surface area contributed by atoms with E-state index in [9.17, 15) is 13.2 Å². The maximum Gasteiger partial charge on any atom is 0.433 e. The number of hydrogen-bond donors (Lipinski definition) is 1. The highest BCUT2D eigenvalue weighted by Crippen LogP contribution is 2.28. The van der Waals surface area contributed by atoms with Crippen molar-refractivity contribution in [2.45, 2.75) is 12.6 Å². The van der Waals surface area contributed by atoms with Gasteiger partial charge in [0.05, 0.1) is 6.61 Å². The predicted molar refractivity (Wildman–Crippen MR) is 48.4 cm³/mol. The van der Waals surface area contributed by atoms with Gasteiger partial charge in [-0.3, -0.25) is 0 Å². The second-order valence-electron chi connectivity index (χ2n) is 2.85. The second-order valence-corrected chi connectivity index (χ2v) is 2.85. The van der Waals surface area contributed by atoms with Gasteiger partial charge in [0.25, 0.3) is 0 Å². The van der Waals surface area contributed by atoms with Gasteiger partial charge in [-0.25, -0.2) is 4.98 Å². The lowest BCUT2D eigenvalue weighted by Gasteiger charge is -2.08. The first-order chi connectivity index (χ1) is 7.04. The van der Waals surface area contributed by atoms with Crippen LogP contribution in [0.3, 0.4) is 0 Å². The zero-order valence-corrected chi connectivity index (χ0v) is 7.92. The highest BCUT2D eigenvalue weighted by atomic mass is 19.4. The van der Waals surface area contributed by atoms with Gasteiger partial charge in [-0.05, 0) is 19.0 Å². The largest absolute Gasteiger partial charge is 0.478 e. The van der Waals surface area contributed by atoms with Crippen LogP contribution in [0.25, 0.3) is 0 Å². The third-order valence-corrected chi connectivity index (χ3v) is 1.61. The molecule has 0 amide bonds. The number of rotatable bonds is 4. The van der Waals surface area contributed by atoms with Crippen LogP contribution in [0.15, 0.2) is 18.2 Å². The Kier molecular flexibility index (Phi) is 3.90. The molecule has 0 aliphatic heterocycles. The quantitative estimate of drug-likeness (QED) is 0.787. The van der Waals surface area contributed by atoms with Crippen LogP contribution in [-0.2, 0) is 6.18 Å². The SMILES string of the molecule is NCCCOc1cccc(C(F)(F)F)n1. The zero-order chi connectivity index (χ0) is 11.3. The molecular weight excluding hydrogens is 209 g/mol. The summed E-state index contributed by atoms with van der Waals surface area (Å²) in [5.41, 5.74) is 4.26. The molecule has 1 aromatic rings. The molecule has 6 heteroatoms. The smallest absolute Gasteiger partial charge is 0.433 e. The fourth-order valence-corrected chi connectivity index (χ4v) is 0.913. The fourth-order valence-electron chi connectivity index (χ4n) is 0.913. The molecule has 3 nitrogen and oxygen atoms in total. The van der Waals surface area contributed by atoms with E-state index in [4.69, 9.17) is 10.5 Å². The molecule has 0 atom stereocenters. The summed E-state index contributed by atoms with van der Waals surface area (Å²) in [6.45, 7) is 0.698. The van der Waals surface area contributed by atoms with Crippen LogP contribution in [0, 0.1) is 0 Å². The summed E-state index contributed by atoms with van der Waals surface area (Å²) >= 11 is 0. The van der Waals surface area contributed by atoms with Crippen molar-refractivity contribution in [2.24, 2.45) is 5.73 Å². The summed E-state index contributed by atoms with van der Waals surface area (Å²) in [5, 5.41) is 0. The summed E-state index contributed by atoms with van der Waals surface area (Å²) < 4.78 is 41.6. The number of hydrogen-bond acceptors (Lipinski definition) is 3. The van der Waals surface area contributed by atoms with Crippen molar-refractivity contribution >= 4 is 0 Å². The fraction of sp³-hybridized carbons (Fsp3) is 0.444. The minimum Gasteiger partial charge on any atom is -0.478 e. The van der Waals surface area contributed by atoms with Crippen molar-refractivity contribution in [2.75, 3.05) is 13.2 Å². The summed E-state index contributed by atoms with van der Waals surface area (Å²) in [6, 6.07) is 3.54. The Hall–Kier alpha value is -1.30. The third-order valence-electron chi connectivity index (χ3n) is 1.61. The number of ether oxygens (including phenoxy) is 1. The maximum absolute atomic E-state index is 12.2. The van der Waals surface area contributed by atoms with E-state index in [1.54, 1.807) is 0 Å². The number of aromatic nitrogens is 1. The molecule has 1 rings (SSSR count). The van der Waals surface area contributed by atoms with Crippen LogP contribution < -0.4 is 10.5 Å². The molecule has 0 aliphatic carbocycles. The Morgan fingerprint density at radius 1 is 1.33 bits per heavy atom. The second kappa shape index (κ2) is 4.97. The highest BCUT2D eigenvalue weighted by Gasteiger charge is 2.32. The molecule has 0 spiro atoms. The molecule has 0 saturated carbocycles. The van der Waals surface area contributed by atoms with Crippen molar-refractivity contribution in [1.82, 2.24) is 4.98 Å². The van der Waals surface area contributed by atoms with E-state index in [2.05, 4.69) is 4.98 Å². The molecule has 15 heavy (non-hydrogen) atoms. The van der Waals surface area contributed by atoms with E-state index in [-0.39, 0.29) is 12.5 Å². The molecule has 0 bridgehead atoms. The Bertz CT molecular complexity index is 314. The van der Waals surface area contributed by atoms with Crippen molar-refractivity contribution < 1.29 is 17.9 Å². The molecule has 0 saturated heterocycles. The molecule has 84 valence electrons. The summed E-state index contributed by atoms with van der Waals surface area (Å²) in [4.78, 5) is 3.33. The molecule has 0 radical (unpaired) electrons. The Balaban J connectivity index is 2.66. The summed E-state index contributed by atoms with van der Waals surface area (Å²) in [5.74, 6) is -0.0294. The average Bonchev–Trinajstić information content (AvgIpc) is 2.17. The van der Waals surface area contributed by atoms with Crippen LogP contribution in [0.4, 0.5) is 13.2 Å². The normalized spacial score (nSPS) is 11.5. The van der Waals surface area contributed by atoms with Crippen LogP contribution in [0.1, 0.15) is 12.1 Å². The van der Waals surface area contributed by atoms with E-state index in [1.165, 1.54) is 12.1 Å². The van der Waals surface area contributed by atoms with E-state index in [0.29, 0.717) is 13.0 Å². The molecule has 0 fully saturated rings. The lowest BCUT2D eigenvalue weighted by Crippen LogP contribution is -2.10. The van der Waals surface area contributed by atoms with Gasteiger partial charge in [-0.15, -0.1) is 0 Å². The zero-order valence-electron chi connectivity index (χ0n) is 7.92. The number of pyridine rings is 1. The van der Waals surface area contributed by atoms with Gasteiger partial charge < -0.3 is 10.5 Å². The molecule has 0 aromatic carbocycles. The standard InChI is InChI=1S/C9H11F3N2O/c10-9(11,12)7-3-1-4-8(14-7)15-6-2-5-13/h1,3-4H,2,5-6,13H2. The van der Waals surface area contributed by atoms with Gasteiger partial charge in [-0.2, -0.15) is 13.2 Å². The third kappa shape index (κ3) is 3.75. The van der Waals surface area contributed by atoms with Gasteiger partial charge in [-0.1, -0.05) is 6.07 Å². The number of alkyl halides is 3. The van der Waals surface area contributed by atoms with Crippen LogP contribution >= 0.6 is 0 Å². The van der Waals surface area contributed by atoms with Crippen molar-refractivity contribution in [3.63, 3.8) is 0 Å². The van der Waals surface area contributed by atoms with Crippen molar-refractivity contribution in [3.05, 3.63) is 23.9 Å². The highest BCUT2D eigenvalue weighted by molar-refractivity contribution is 5.17. The summed E-state index contributed by atoms with van der Waals surface area (Å²) in [6.07, 6.45) is -3.86. The monoisotopic (exact) mass is 220 g/mol. The van der Waals surface area contributed by atoms with Gasteiger partial charge in [0.1, 0.15) is 5.69 Å². The molecular formula is C9H11F3N2O. The van der Waals surface area contributed by atoms with Crippen molar-refractivity contribution in [1.29, 1.82) is 0 Å². The first kappa shape index (κ1) is 11.8. The lowest BCUT2D eigenvalue weighted by atomic mass is 10.3. The van der Waals surface area contributed by atoms with Crippen LogP contribution in [0.5, 0.6) is 5.88 Å². The van der Waals surface area contributed by atoms with Gasteiger partial charge in [0.15, 0.2) is 0 Å². The van der Waals surface area contributed by atoms with Gasteiger partial charge in [0, 0.05) is 6.07 Å². The molecule has 1 aromatic heterocycles. The first-order valence-electron chi connectivity index (χ1n) is 4.41. The lowest BCUT2D eigenvalue weighted by molar-refractivity contribution is -0.141. The predicted octanol–water partition coefficient (Wildman–Crippen LogP) is 1.83. The average molecular weight is 220 g/mol. The summed E-state index contributed by atoms with van der Waals surface area (Å²) in [7, 11) is 0. The Morgan fingerprint density at radius 2 is 2.07 bits per heavy atom. The molecule has 0 unspecified atom stereocenters.